The van der Waals surface area contributed by atoms with Crippen LogP contribution in [0.25, 0.3) is 0 Å². The molecule has 2 aromatic carbocycles. The van der Waals surface area contributed by atoms with Gasteiger partial charge in [-0.2, -0.15) is 0 Å². The zero-order valence-corrected chi connectivity index (χ0v) is 14.2. The van der Waals surface area contributed by atoms with E-state index >= 15 is 0 Å². The summed E-state index contributed by atoms with van der Waals surface area (Å²) in [6, 6.07) is 17.1. The lowest BCUT2D eigenvalue weighted by Gasteiger charge is -2.11. The van der Waals surface area contributed by atoms with E-state index in [2.05, 4.69) is 73.0 Å². The van der Waals surface area contributed by atoms with Crippen molar-refractivity contribution in [1.29, 1.82) is 0 Å². The quantitative estimate of drug-likeness (QED) is 0.607. The summed E-state index contributed by atoms with van der Waals surface area (Å²) in [7, 11) is 0. The van der Waals surface area contributed by atoms with Crippen LogP contribution in [-0.4, -0.2) is 11.7 Å². The number of anilines is 1. The van der Waals surface area contributed by atoms with Crippen LogP contribution in [0.1, 0.15) is 30.0 Å². The van der Waals surface area contributed by atoms with Crippen molar-refractivity contribution in [3.05, 3.63) is 65.2 Å². The van der Waals surface area contributed by atoms with Gasteiger partial charge in [-0.1, -0.05) is 48.9 Å². The average Bonchev–Trinajstić information content (AvgIpc) is 2.54. The Bertz CT molecular complexity index is 588. The Balaban J connectivity index is 1.67. The monoisotopic (exact) mass is 312 g/mol. The number of aryl methyl sites for hydroxylation is 3. The molecule has 0 aliphatic heterocycles. The van der Waals surface area contributed by atoms with Crippen molar-refractivity contribution >= 4 is 23.0 Å². The highest BCUT2D eigenvalue weighted by molar-refractivity contribution is 7.80. The van der Waals surface area contributed by atoms with E-state index in [1.165, 1.54) is 16.7 Å². The standard InChI is InChI=1S/C19H24N2S/c1-3-16-10-12-18(13-11-16)21-19(22)20-14-4-5-17-8-6-15(2)7-9-17/h6-13H,3-5,14H2,1-2H3,(H2,20,21,22). The third-order valence-corrected chi connectivity index (χ3v) is 3.91. The van der Waals surface area contributed by atoms with Crippen LogP contribution in [0.4, 0.5) is 5.69 Å². The molecule has 0 aliphatic rings. The zero-order valence-electron chi connectivity index (χ0n) is 13.4. The first-order valence-electron chi connectivity index (χ1n) is 7.86. The lowest BCUT2D eigenvalue weighted by molar-refractivity contribution is 0.777. The minimum absolute atomic E-state index is 0.688. The summed E-state index contributed by atoms with van der Waals surface area (Å²) in [5.74, 6) is 0. The van der Waals surface area contributed by atoms with E-state index in [0.29, 0.717) is 5.11 Å². The highest BCUT2D eigenvalue weighted by Gasteiger charge is 1.98. The molecule has 0 saturated carbocycles. The van der Waals surface area contributed by atoms with Crippen molar-refractivity contribution < 1.29 is 0 Å². The molecule has 0 spiro atoms. The van der Waals surface area contributed by atoms with Crippen molar-refractivity contribution in [3.8, 4) is 0 Å². The second-order valence-electron chi connectivity index (χ2n) is 5.52. The summed E-state index contributed by atoms with van der Waals surface area (Å²) in [6.07, 6.45) is 3.20. The first-order valence-corrected chi connectivity index (χ1v) is 8.27. The predicted molar refractivity (Wildman–Crippen MR) is 99.5 cm³/mol. The molecular formula is C19H24N2S. The third kappa shape index (κ3) is 5.49. The normalized spacial score (nSPS) is 10.3. The van der Waals surface area contributed by atoms with Gasteiger partial charge in [0, 0.05) is 12.2 Å². The van der Waals surface area contributed by atoms with Crippen LogP contribution in [0.2, 0.25) is 0 Å². The summed E-state index contributed by atoms with van der Waals surface area (Å²) in [4.78, 5) is 0. The summed E-state index contributed by atoms with van der Waals surface area (Å²) < 4.78 is 0. The topological polar surface area (TPSA) is 24.1 Å². The fourth-order valence-electron chi connectivity index (χ4n) is 2.25. The molecule has 0 amide bonds. The number of nitrogens with one attached hydrogen (secondary N) is 2. The molecule has 0 aliphatic carbocycles. The maximum absolute atomic E-state index is 5.32. The Kier molecular flexibility index (Phi) is 6.41. The molecule has 2 N–H and O–H groups in total. The Morgan fingerprint density at radius 1 is 0.955 bits per heavy atom. The van der Waals surface area contributed by atoms with Crippen LogP contribution >= 0.6 is 12.2 Å². The van der Waals surface area contributed by atoms with Gasteiger partial charge in [-0.05, 0) is 61.7 Å². The summed E-state index contributed by atoms with van der Waals surface area (Å²) in [5, 5.41) is 7.17. The fraction of sp³-hybridized carbons (Fsp3) is 0.316. The van der Waals surface area contributed by atoms with Gasteiger partial charge in [0.25, 0.3) is 0 Å². The molecule has 2 aromatic rings. The molecule has 2 nitrogen and oxygen atoms in total. The Morgan fingerprint density at radius 3 is 2.23 bits per heavy atom. The number of benzene rings is 2. The zero-order chi connectivity index (χ0) is 15.8. The molecule has 0 fully saturated rings. The lowest BCUT2D eigenvalue weighted by atomic mass is 10.1. The Labute approximate surface area is 139 Å². The van der Waals surface area contributed by atoms with Gasteiger partial charge < -0.3 is 10.6 Å². The van der Waals surface area contributed by atoms with Crippen LogP contribution < -0.4 is 10.6 Å². The van der Waals surface area contributed by atoms with E-state index in [0.717, 1.165) is 31.5 Å². The van der Waals surface area contributed by atoms with Gasteiger partial charge in [-0.25, -0.2) is 0 Å². The molecule has 0 unspecified atom stereocenters. The molecular weight excluding hydrogens is 288 g/mol. The van der Waals surface area contributed by atoms with Gasteiger partial charge >= 0.3 is 0 Å². The maximum atomic E-state index is 5.32. The van der Waals surface area contributed by atoms with E-state index in [9.17, 15) is 0 Å². The van der Waals surface area contributed by atoms with Gasteiger partial charge in [-0.3, -0.25) is 0 Å². The highest BCUT2D eigenvalue weighted by atomic mass is 32.1. The predicted octanol–water partition coefficient (Wildman–Crippen LogP) is 4.48. The summed E-state index contributed by atoms with van der Waals surface area (Å²) in [6.45, 7) is 5.15. The highest BCUT2D eigenvalue weighted by Crippen LogP contribution is 2.10. The maximum Gasteiger partial charge on any atom is 0.170 e. The van der Waals surface area contributed by atoms with Gasteiger partial charge in [0.05, 0.1) is 0 Å². The van der Waals surface area contributed by atoms with Crippen LogP contribution in [0.15, 0.2) is 48.5 Å². The molecule has 0 bridgehead atoms. The van der Waals surface area contributed by atoms with Crippen LogP contribution in [0.3, 0.4) is 0 Å². The largest absolute Gasteiger partial charge is 0.362 e. The van der Waals surface area contributed by atoms with E-state index in [4.69, 9.17) is 12.2 Å². The Hall–Kier alpha value is -1.87. The number of hydrogen-bond acceptors (Lipinski definition) is 1. The minimum Gasteiger partial charge on any atom is -0.362 e. The van der Waals surface area contributed by atoms with E-state index in [-0.39, 0.29) is 0 Å². The molecule has 116 valence electrons. The lowest BCUT2D eigenvalue weighted by Crippen LogP contribution is -2.29. The minimum atomic E-state index is 0.688. The summed E-state index contributed by atoms with van der Waals surface area (Å²) >= 11 is 5.32. The second kappa shape index (κ2) is 8.54. The first-order chi connectivity index (χ1) is 10.7. The molecule has 0 radical (unpaired) electrons. The second-order valence-corrected chi connectivity index (χ2v) is 5.93. The van der Waals surface area contributed by atoms with Gasteiger partial charge in [-0.15, -0.1) is 0 Å². The molecule has 0 aromatic heterocycles. The van der Waals surface area contributed by atoms with Crippen LogP contribution in [-0.2, 0) is 12.8 Å². The fourth-order valence-corrected chi connectivity index (χ4v) is 2.47. The van der Waals surface area contributed by atoms with Crippen molar-refractivity contribution in [1.82, 2.24) is 5.32 Å². The number of hydrogen-bond donors (Lipinski definition) is 2. The number of thiocarbonyl (C=S) groups is 1. The SMILES string of the molecule is CCc1ccc(NC(=S)NCCCc2ccc(C)cc2)cc1. The van der Waals surface area contributed by atoms with Crippen LogP contribution in [0.5, 0.6) is 0 Å². The molecule has 0 atom stereocenters. The van der Waals surface area contributed by atoms with E-state index in [1.54, 1.807) is 0 Å². The molecule has 3 heteroatoms. The Morgan fingerprint density at radius 2 is 1.59 bits per heavy atom. The van der Waals surface area contributed by atoms with E-state index in [1.807, 2.05) is 0 Å². The van der Waals surface area contributed by atoms with Crippen molar-refractivity contribution in [2.75, 3.05) is 11.9 Å². The molecule has 0 saturated heterocycles. The van der Waals surface area contributed by atoms with Crippen LogP contribution in [0, 0.1) is 6.92 Å². The third-order valence-electron chi connectivity index (χ3n) is 3.67. The van der Waals surface area contributed by atoms with Crippen molar-refractivity contribution in [2.45, 2.75) is 33.1 Å². The summed E-state index contributed by atoms with van der Waals surface area (Å²) in [5.41, 5.74) is 5.05. The van der Waals surface area contributed by atoms with Crippen molar-refractivity contribution in [3.63, 3.8) is 0 Å². The molecule has 2 rings (SSSR count). The van der Waals surface area contributed by atoms with Gasteiger partial charge in [0.2, 0.25) is 0 Å². The molecule has 0 heterocycles. The first kappa shape index (κ1) is 16.5. The molecule has 22 heavy (non-hydrogen) atoms. The number of rotatable bonds is 6. The van der Waals surface area contributed by atoms with Gasteiger partial charge in [0.1, 0.15) is 0 Å². The van der Waals surface area contributed by atoms with Crippen molar-refractivity contribution in [2.24, 2.45) is 0 Å². The average molecular weight is 312 g/mol. The van der Waals surface area contributed by atoms with Gasteiger partial charge in [0.15, 0.2) is 5.11 Å². The van der Waals surface area contributed by atoms with E-state index < -0.39 is 0 Å². The smallest absolute Gasteiger partial charge is 0.170 e.